The minimum Gasteiger partial charge on any atom is -1.00 e. The summed E-state index contributed by atoms with van der Waals surface area (Å²) in [5.41, 5.74) is 0.928. The van der Waals surface area contributed by atoms with Crippen molar-refractivity contribution in [3.05, 3.63) is 29.8 Å². The Morgan fingerprint density at radius 2 is 1.43 bits per heavy atom. The van der Waals surface area contributed by atoms with Crippen molar-refractivity contribution in [1.82, 2.24) is 0 Å². The van der Waals surface area contributed by atoms with Crippen LogP contribution in [0, 0.1) is 6.92 Å². The Morgan fingerprint density at radius 3 is 1.71 bits per heavy atom. The number of aryl methyl sites for hydroxylation is 1. The van der Waals surface area contributed by atoms with Crippen LogP contribution in [-0.2, 0) is 36.3 Å². The van der Waals surface area contributed by atoms with Gasteiger partial charge >= 0.3 is 26.2 Å². The summed E-state index contributed by atoms with van der Waals surface area (Å²) in [7, 11) is -4.27. The molecule has 0 aromatic heterocycles. The van der Waals surface area contributed by atoms with Crippen LogP contribution in [0.3, 0.4) is 0 Å². The molecule has 7 heteroatoms. The Kier molecular flexibility index (Phi) is 11.2. The van der Waals surface area contributed by atoms with E-state index in [1.165, 1.54) is 12.1 Å². The molecule has 1 aromatic rings. The van der Waals surface area contributed by atoms with Gasteiger partial charge in [-0.25, -0.2) is 8.42 Å². The maximum Gasteiger partial charge on any atom is 3.00 e. The van der Waals surface area contributed by atoms with E-state index < -0.39 is 10.1 Å². The van der Waals surface area contributed by atoms with Gasteiger partial charge in [0.25, 0.3) is 0 Å². The van der Waals surface area contributed by atoms with Crippen LogP contribution in [-0.4, -0.2) is 13.0 Å². The summed E-state index contributed by atoms with van der Waals surface area (Å²) >= 11 is 0. The Hall–Kier alpha value is 0.593. The molecule has 0 spiro atoms. The van der Waals surface area contributed by atoms with E-state index in [9.17, 15) is 13.0 Å². The van der Waals surface area contributed by atoms with Crippen LogP contribution >= 0.6 is 0 Å². The van der Waals surface area contributed by atoms with Crippen LogP contribution in [0.25, 0.3) is 0 Å². The van der Waals surface area contributed by atoms with Gasteiger partial charge in [0.05, 0.1) is 4.90 Å². The Bertz CT molecular complexity index is 350. The largest absolute Gasteiger partial charge is 3.00 e. The third kappa shape index (κ3) is 6.15. The summed E-state index contributed by atoms with van der Waals surface area (Å²) in [4.78, 5) is -0.178. The van der Waals surface area contributed by atoms with Crippen LogP contribution in [0.4, 0.5) is 0 Å². The molecule has 0 amide bonds. The zero-order valence-electron chi connectivity index (χ0n) is 7.20. The van der Waals surface area contributed by atoms with Crippen molar-refractivity contribution < 1.29 is 64.0 Å². The fourth-order valence-electron chi connectivity index (χ4n) is 0.705. The molecule has 14 heavy (non-hydrogen) atoms. The Labute approximate surface area is 115 Å². The van der Waals surface area contributed by atoms with E-state index in [4.69, 9.17) is 0 Å². The minimum absolute atomic E-state index is 0. The molecule has 0 aliphatic heterocycles. The summed E-state index contributed by atoms with van der Waals surface area (Å²) in [6.07, 6.45) is 0. The average molecular weight is 333 g/mol. The van der Waals surface area contributed by atoms with Gasteiger partial charge in [0, 0.05) is 0 Å². The number of hydrogen-bond acceptors (Lipinski definition) is 3. The predicted molar refractivity (Wildman–Crippen MR) is 39.1 cm³/mol. The molecular weight excluding hydrogens is 326 g/mol. The maximum atomic E-state index is 10.4. The molecule has 3 nitrogen and oxygen atoms in total. The summed E-state index contributed by atoms with van der Waals surface area (Å²) < 4.78 is 31.2. The summed E-state index contributed by atoms with van der Waals surface area (Å²) in [5.74, 6) is 0. The number of rotatable bonds is 1. The standard InChI is InChI=1S/C7H8O3S.2ClH.Zr/c1-6-2-4-7(5-3-6)11(8,9)10;;;/h2-5H,1H3,(H,8,9,10);2*1H;/q;;;+3/p-3. The van der Waals surface area contributed by atoms with E-state index in [0.29, 0.717) is 0 Å². The molecule has 1 radical (unpaired) electrons. The van der Waals surface area contributed by atoms with Gasteiger partial charge in [0.2, 0.25) is 0 Å². The number of hydrogen-bond donors (Lipinski definition) is 0. The molecule has 1 rings (SSSR count). The van der Waals surface area contributed by atoms with Crippen molar-refractivity contribution in [1.29, 1.82) is 0 Å². The van der Waals surface area contributed by atoms with Gasteiger partial charge < -0.3 is 29.4 Å². The molecule has 0 bridgehead atoms. The SMILES string of the molecule is Cc1ccc(S(=O)(=O)[O-])cc1.[Cl-].[Cl-].[Zr+3]. The summed E-state index contributed by atoms with van der Waals surface area (Å²) in [6, 6.07) is 5.78. The van der Waals surface area contributed by atoms with Crippen molar-refractivity contribution in [3.63, 3.8) is 0 Å². The monoisotopic (exact) mass is 331 g/mol. The van der Waals surface area contributed by atoms with E-state index in [0.717, 1.165) is 5.56 Å². The van der Waals surface area contributed by atoms with Gasteiger partial charge in [-0.05, 0) is 19.1 Å². The molecule has 0 aliphatic carbocycles. The fraction of sp³-hybridized carbons (Fsp3) is 0.143. The van der Waals surface area contributed by atoms with Gasteiger partial charge in [0.15, 0.2) is 0 Å². The van der Waals surface area contributed by atoms with Gasteiger partial charge in [0.1, 0.15) is 10.1 Å². The topological polar surface area (TPSA) is 57.2 Å². The van der Waals surface area contributed by atoms with Gasteiger partial charge in [-0.1, -0.05) is 17.7 Å². The Balaban J connectivity index is -0.000000403. The molecule has 77 valence electrons. The van der Waals surface area contributed by atoms with Crippen molar-refractivity contribution in [2.75, 3.05) is 0 Å². The first kappa shape index (κ1) is 20.1. The molecule has 0 aliphatic rings. The van der Waals surface area contributed by atoms with E-state index in [1.807, 2.05) is 6.92 Å². The first-order valence-electron chi connectivity index (χ1n) is 3.03. The van der Waals surface area contributed by atoms with Crippen LogP contribution in [0.15, 0.2) is 29.2 Å². The molecule has 0 atom stereocenters. The molecule has 0 saturated carbocycles. The molecule has 0 fully saturated rings. The van der Waals surface area contributed by atoms with Crippen LogP contribution in [0.2, 0.25) is 0 Å². The maximum absolute atomic E-state index is 10.4. The van der Waals surface area contributed by atoms with Crippen molar-refractivity contribution in [2.24, 2.45) is 0 Å². The summed E-state index contributed by atoms with van der Waals surface area (Å²) in [6.45, 7) is 1.82. The molecule has 0 saturated heterocycles. The first-order chi connectivity index (χ1) is 5.00. The second kappa shape index (κ2) is 7.83. The molecule has 0 heterocycles. The predicted octanol–water partition coefficient (Wildman–Crippen LogP) is -5.10. The number of halogens is 2. The fourth-order valence-corrected chi connectivity index (χ4v) is 1.17. The molecule has 0 N–H and O–H groups in total. The van der Waals surface area contributed by atoms with Crippen LogP contribution < -0.4 is 24.8 Å². The smallest absolute Gasteiger partial charge is 1.00 e. The van der Waals surface area contributed by atoms with E-state index in [2.05, 4.69) is 0 Å². The third-order valence-electron chi connectivity index (χ3n) is 1.31. The van der Waals surface area contributed by atoms with Crippen LogP contribution in [0.1, 0.15) is 5.56 Å². The Morgan fingerprint density at radius 1 is 1.07 bits per heavy atom. The van der Waals surface area contributed by atoms with E-state index in [-0.39, 0.29) is 55.9 Å². The quantitative estimate of drug-likeness (QED) is 0.483. The summed E-state index contributed by atoms with van der Waals surface area (Å²) in [5, 5.41) is 0. The van der Waals surface area contributed by atoms with Crippen molar-refractivity contribution in [2.45, 2.75) is 11.8 Å². The van der Waals surface area contributed by atoms with E-state index in [1.54, 1.807) is 12.1 Å². The van der Waals surface area contributed by atoms with Gasteiger partial charge in [-0.2, -0.15) is 0 Å². The van der Waals surface area contributed by atoms with Crippen LogP contribution in [0.5, 0.6) is 0 Å². The third-order valence-corrected chi connectivity index (χ3v) is 2.16. The van der Waals surface area contributed by atoms with Gasteiger partial charge in [-0.15, -0.1) is 0 Å². The minimum atomic E-state index is -4.27. The molecule has 0 unspecified atom stereocenters. The second-order valence-electron chi connectivity index (χ2n) is 2.27. The zero-order chi connectivity index (χ0) is 8.48. The normalized spacial score (nSPS) is 9.00. The van der Waals surface area contributed by atoms with Gasteiger partial charge in [-0.3, -0.25) is 0 Å². The molecule has 1 aromatic carbocycles. The number of benzene rings is 1. The van der Waals surface area contributed by atoms with E-state index >= 15 is 0 Å². The average Bonchev–Trinajstić information content (AvgIpc) is 1.86. The van der Waals surface area contributed by atoms with Crippen molar-refractivity contribution in [3.8, 4) is 0 Å². The second-order valence-corrected chi connectivity index (χ2v) is 3.65. The zero-order valence-corrected chi connectivity index (χ0v) is 12.0. The first-order valence-corrected chi connectivity index (χ1v) is 4.43. The van der Waals surface area contributed by atoms with Crippen molar-refractivity contribution >= 4 is 10.1 Å². The molecular formula is C7H7Cl2O3SZr.